The van der Waals surface area contributed by atoms with Crippen molar-refractivity contribution in [3.63, 3.8) is 0 Å². The number of rotatable bonds is 7. The summed E-state index contributed by atoms with van der Waals surface area (Å²) in [5.41, 5.74) is 4.56. The summed E-state index contributed by atoms with van der Waals surface area (Å²) in [4.78, 5) is 11.8. The van der Waals surface area contributed by atoms with Crippen molar-refractivity contribution in [2.45, 2.75) is 12.3 Å². The predicted octanol–water partition coefficient (Wildman–Crippen LogP) is 4.22. The summed E-state index contributed by atoms with van der Waals surface area (Å²) in [5, 5.41) is 6.25. The minimum absolute atomic E-state index is 0.0157. The van der Waals surface area contributed by atoms with Gasteiger partial charge >= 0.3 is 0 Å². The monoisotopic (exact) mass is 344 g/mol. The molecule has 1 amide bonds. The van der Waals surface area contributed by atoms with E-state index < -0.39 is 0 Å². The molecule has 3 aromatic carbocycles. The van der Waals surface area contributed by atoms with Gasteiger partial charge in [0.15, 0.2) is 0 Å². The van der Waals surface area contributed by atoms with E-state index in [1.807, 2.05) is 36.4 Å². The van der Waals surface area contributed by atoms with Crippen LogP contribution in [0.2, 0.25) is 0 Å². The van der Waals surface area contributed by atoms with E-state index in [-0.39, 0.29) is 11.8 Å². The first-order chi connectivity index (χ1) is 12.8. The first kappa shape index (κ1) is 17.7. The van der Waals surface area contributed by atoms with Crippen LogP contribution in [0.15, 0.2) is 84.9 Å². The molecule has 2 N–H and O–H groups in total. The van der Waals surface area contributed by atoms with E-state index >= 15 is 0 Å². The second kappa shape index (κ2) is 8.86. The average Bonchev–Trinajstić information content (AvgIpc) is 2.71. The smallest absolute Gasteiger partial charge is 0.224 e. The number of carbonyl (C=O) groups is 1. The second-order valence-corrected chi connectivity index (χ2v) is 6.26. The first-order valence-corrected chi connectivity index (χ1v) is 8.90. The van der Waals surface area contributed by atoms with E-state index in [4.69, 9.17) is 0 Å². The van der Waals surface area contributed by atoms with Crippen LogP contribution in [0.25, 0.3) is 0 Å². The Morgan fingerprint density at radius 1 is 0.808 bits per heavy atom. The van der Waals surface area contributed by atoms with Crippen LogP contribution in [-0.4, -0.2) is 19.5 Å². The quantitative estimate of drug-likeness (QED) is 0.674. The molecule has 3 heteroatoms. The average molecular weight is 344 g/mol. The Hall–Kier alpha value is -3.07. The maximum atomic E-state index is 11.8. The molecule has 0 atom stereocenters. The van der Waals surface area contributed by atoms with Gasteiger partial charge in [0.1, 0.15) is 0 Å². The molecule has 0 spiro atoms. The first-order valence-electron chi connectivity index (χ1n) is 8.90. The lowest BCUT2D eigenvalue weighted by molar-refractivity contribution is -0.119. The van der Waals surface area contributed by atoms with Crippen LogP contribution in [0, 0.1) is 0 Å². The van der Waals surface area contributed by atoms with Crippen LogP contribution in [0.1, 0.15) is 22.6 Å². The Morgan fingerprint density at radius 2 is 1.35 bits per heavy atom. The van der Waals surface area contributed by atoms with Gasteiger partial charge in [0, 0.05) is 25.2 Å². The highest BCUT2D eigenvalue weighted by Crippen LogP contribution is 2.26. The number of amides is 1. The zero-order chi connectivity index (χ0) is 18.2. The molecule has 0 aromatic heterocycles. The number of benzene rings is 3. The van der Waals surface area contributed by atoms with Crippen LogP contribution in [0.4, 0.5) is 5.69 Å². The molecular formula is C23H24N2O. The molecule has 0 unspecified atom stereocenters. The van der Waals surface area contributed by atoms with Gasteiger partial charge in [-0.2, -0.15) is 0 Å². The van der Waals surface area contributed by atoms with Gasteiger partial charge in [0.25, 0.3) is 0 Å². The summed E-state index contributed by atoms with van der Waals surface area (Å²) in [6.45, 7) is 0.763. The summed E-state index contributed by atoms with van der Waals surface area (Å²) in [7, 11) is 1.67. The molecule has 0 bridgehead atoms. The highest BCUT2D eigenvalue weighted by Gasteiger charge is 2.14. The van der Waals surface area contributed by atoms with Crippen LogP contribution >= 0.6 is 0 Å². The van der Waals surface area contributed by atoms with E-state index in [0.29, 0.717) is 6.42 Å². The van der Waals surface area contributed by atoms with Gasteiger partial charge < -0.3 is 10.6 Å². The lowest BCUT2D eigenvalue weighted by Crippen LogP contribution is -2.21. The van der Waals surface area contributed by atoms with Gasteiger partial charge in [-0.05, 0) is 22.8 Å². The van der Waals surface area contributed by atoms with Crippen LogP contribution in [0.5, 0.6) is 0 Å². The Morgan fingerprint density at radius 3 is 1.92 bits per heavy atom. The molecule has 0 saturated carbocycles. The van der Waals surface area contributed by atoms with Crippen molar-refractivity contribution in [2.24, 2.45) is 0 Å². The molecule has 26 heavy (non-hydrogen) atoms. The highest BCUT2D eigenvalue weighted by molar-refractivity contribution is 5.80. The van der Waals surface area contributed by atoms with E-state index in [1.54, 1.807) is 7.05 Å². The molecular weight excluding hydrogens is 320 g/mol. The van der Waals surface area contributed by atoms with Crippen LogP contribution < -0.4 is 10.6 Å². The zero-order valence-corrected chi connectivity index (χ0v) is 15.0. The van der Waals surface area contributed by atoms with E-state index in [9.17, 15) is 4.79 Å². The van der Waals surface area contributed by atoms with Crippen LogP contribution in [0.3, 0.4) is 0 Å². The van der Waals surface area contributed by atoms with Crippen molar-refractivity contribution in [3.05, 3.63) is 102 Å². The summed E-state index contributed by atoms with van der Waals surface area (Å²) < 4.78 is 0. The molecule has 3 nitrogen and oxygen atoms in total. The van der Waals surface area contributed by atoms with Crippen molar-refractivity contribution in [1.82, 2.24) is 5.32 Å². The number of anilines is 1. The third-order valence-electron chi connectivity index (χ3n) is 4.55. The number of hydrogen-bond donors (Lipinski definition) is 2. The van der Waals surface area contributed by atoms with Gasteiger partial charge in [-0.15, -0.1) is 0 Å². The van der Waals surface area contributed by atoms with Crippen LogP contribution in [-0.2, 0) is 11.2 Å². The molecule has 0 heterocycles. The molecule has 0 aliphatic rings. The van der Waals surface area contributed by atoms with Crippen molar-refractivity contribution >= 4 is 11.6 Å². The number of hydrogen-bond acceptors (Lipinski definition) is 2. The fourth-order valence-electron chi connectivity index (χ4n) is 3.12. The fourth-order valence-corrected chi connectivity index (χ4v) is 3.12. The number of carbonyl (C=O) groups excluding carboxylic acids is 1. The lowest BCUT2D eigenvalue weighted by atomic mass is 9.91. The Kier molecular flexibility index (Phi) is 6.05. The van der Waals surface area contributed by atoms with E-state index in [1.165, 1.54) is 11.1 Å². The fraction of sp³-hybridized carbons (Fsp3) is 0.174. The van der Waals surface area contributed by atoms with Gasteiger partial charge in [0.05, 0.1) is 6.42 Å². The van der Waals surface area contributed by atoms with Crippen molar-refractivity contribution in [2.75, 3.05) is 18.9 Å². The molecule has 3 rings (SSSR count). The Balaban J connectivity index is 1.82. The van der Waals surface area contributed by atoms with Crippen molar-refractivity contribution in [3.8, 4) is 0 Å². The summed E-state index contributed by atoms with van der Waals surface area (Å²) in [6, 6.07) is 29.0. The molecule has 0 saturated heterocycles. The molecule has 0 aliphatic heterocycles. The topological polar surface area (TPSA) is 41.1 Å². The van der Waals surface area contributed by atoms with E-state index in [2.05, 4.69) is 59.2 Å². The Labute approximate surface area is 155 Å². The van der Waals surface area contributed by atoms with Crippen molar-refractivity contribution < 1.29 is 4.79 Å². The standard InChI is InChI=1S/C23H24N2O/c1-24-23(26)16-20-14-8-9-15-22(20)25-17-21(18-10-4-2-5-11-18)19-12-6-3-7-13-19/h2-15,21,25H,16-17H2,1H3,(H,24,26). The van der Waals surface area contributed by atoms with Gasteiger partial charge in [-0.25, -0.2) is 0 Å². The molecule has 0 fully saturated rings. The molecule has 0 aliphatic carbocycles. The maximum Gasteiger partial charge on any atom is 0.224 e. The SMILES string of the molecule is CNC(=O)Cc1ccccc1NCC(c1ccccc1)c1ccccc1. The number of likely N-dealkylation sites (N-methyl/N-ethyl adjacent to an activating group) is 1. The van der Waals surface area contributed by atoms with E-state index in [0.717, 1.165) is 17.8 Å². The second-order valence-electron chi connectivity index (χ2n) is 6.26. The highest BCUT2D eigenvalue weighted by atomic mass is 16.1. The number of nitrogens with one attached hydrogen (secondary N) is 2. The third kappa shape index (κ3) is 4.51. The number of para-hydroxylation sites is 1. The largest absolute Gasteiger partial charge is 0.384 e. The Bertz CT molecular complexity index is 792. The summed E-state index contributed by atoms with van der Waals surface area (Å²) in [6.07, 6.45) is 0.376. The minimum Gasteiger partial charge on any atom is -0.384 e. The predicted molar refractivity (Wildman–Crippen MR) is 107 cm³/mol. The van der Waals surface area contributed by atoms with Gasteiger partial charge in [-0.1, -0.05) is 78.9 Å². The maximum absolute atomic E-state index is 11.8. The molecule has 132 valence electrons. The zero-order valence-electron chi connectivity index (χ0n) is 15.0. The third-order valence-corrected chi connectivity index (χ3v) is 4.55. The summed E-state index contributed by atoms with van der Waals surface area (Å²) >= 11 is 0. The lowest BCUT2D eigenvalue weighted by Gasteiger charge is -2.20. The normalized spacial score (nSPS) is 10.5. The summed E-state index contributed by atoms with van der Waals surface area (Å²) in [5.74, 6) is 0.257. The molecule has 3 aromatic rings. The van der Waals surface area contributed by atoms with Gasteiger partial charge in [0.2, 0.25) is 5.91 Å². The van der Waals surface area contributed by atoms with Crippen molar-refractivity contribution in [1.29, 1.82) is 0 Å². The minimum atomic E-state index is 0.0157. The van der Waals surface area contributed by atoms with Gasteiger partial charge in [-0.3, -0.25) is 4.79 Å². The molecule has 0 radical (unpaired) electrons.